The first kappa shape index (κ1) is 16.3. The highest BCUT2D eigenvalue weighted by Crippen LogP contribution is 2.25. The monoisotopic (exact) mass is 295 g/mol. The molecule has 0 radical (unpaired) electrons. The largest absolute Gasteiger partial charge is 0.341 e. The van der Waals surface area contributed by atoms with Crippen LogP contribution in [0.3, 0.4) is 0 Å². The highest BCUT2D eigenvalue weighted by molar-refractivity contribution is 5.89. The van der Waals surface area contributed by atoms with Crippen LogP contribution in [0.1, 0.15) is 46.0 Å². The van der Waals surface area contributed by atoms with E-state index >= 15 is 0 Å². The summed E-state index contributed by atoms with van der Waals surface area (Å²) < 4.78 is 0. The van der Waals surface area contributed by atoms with Crippen molar-refractivity contribution >= 4 is 11.8 Å². The van der Waals surface area contributed by atoms with Crippen molar-refractivity contribution in [2.45, 2.75) is 58.0 Å². The van der Waals surface area contributed by atoms with Crippen molar-refractivity contribution in [3.05, 3.63) is 0 Å². The first-order valence-electron chi connectivity index (χ1n) is 8.32. The van der Waals surface area contributed by atoms with E-state index in [0.717, 1.165) is 38.8 Å². The van der Waals surface area contributed by atoms with Gasteiger partial charge in [0.25, 0.3) is 0 Å². The van der Waals surface area contributed by atoms with Gasteiger partial charge < -0.3 is 15.1 Å². The zero-order valence-corrected chi connectivity index (χ0v) is 13.6. The van der Waals surface area contributed by atoms with Crippen molar-refractivity contribution in [1.82, 2.24) is 15.1 Å². The molecule has 1 N–H and O–H groups in total. The van der Waals surface area contributed by atoms with Crippen LogP contribution in [0.15, 0.2) is 0 Å². The van der Waals surface area contributed by atoms with Crippen molar-refractivity contribution in [3.63, 3.8) is 0 Å². The molecule has 2 aliphatic rings. The lowest BCUT2D eigenvalue weighted by Gasteiger charge is -2.34. The Kier molecular flexibility index (Phi) is 5.62. The Balaban J connectivity index is 1.93. The van der Waals surface area contributed by atoms with E-state index in [1.54, 1.807) is 0 Å². The summed E-state index contributed by atoms with van der Waals surface area (Å²) in [5.74, 6) is 0.193. The predicted molar refractivity (Wildman–Crippen MR) is 82.9 cm³/mol. The summed E-state index contributed by atoms with van der Waals surface area (Å²) in [5.41, 5.74) is 0. The third-order valence-corrected chi connectivity index (χ3v) is 4.89. The molecule has 3 unspecified atom stereocenters. The zero-order chi connectivity index (χ0) is 15.4. The normalized spacial score (nSPS) is 28.0. The molecule has 2 aliphatic heterocycles. The van der Waals surface area contributed by atoms with Crippen LogP contribution in [0.2, 0.25) is 0 Å². The molecule has 120 valence electrons. The topological polar surface area (TPSA) is 52.7 Å². The summed E-state index contributed by atoms with van der Waals surface area (Å²) in [6, 6.07) is 0.654. The molecule has 2 amide bonds. The minimum absolute atomic E-state index is 0.132. The molecule has 2 saturated heterocycles. The van der Waals surface area contributed by atoms with Crippen molar-refractivity contribution in [3.8, 4) is 0 Å². The number of likely N-dealkylation sites (tertiary alicyclic amines) is 2. The third kappa shape index (κ3) is 3.76. The highest BCUT2D eigenvalue weighted by atomic mass is 16.2. The van der Waals surface area contributed by atoms with Crippen LogP contribution in [0.4, 0.5) is 0 Å². The molecule has 2 heterocycles. The van der Waals surface area contributed by atoms with Gasteiger partial charge in [-0.15, -0.1) is 0 Å². The number of carbonyl (C=O) groups excluding carboxylic acids is 2. The van der Waals surface area contributed by atoms with Gasteiger partial charge in [-0.2, -0.15) is 0 Å². The van der Waals surface area contributed by atoms with E-state index in [1.807, 2.05) is 16.8 Å². The maximum absolute atomic E-state index is 12.7. The maximum atomic E-state index is 12.7. The Morgan fingerprint density at radius 1 is 1.43 bits per heavy atom. The quantitative estimate of drug-likeness (QED) is 0.830. The second-order valence-corrected chi connectivity index (χ2v) is 6.50. The molecular weight excluding hydrogens is 266 g/mol. The standard InChI is InChI=1S/C16H29N3O2/c1-4-6-12(2)19-10-13(9-15(19)20)16(21)18-8-5-7-14(11-18)17-3/h12-14,17H,4-11H2,1-3H3. The van der Waals surface area contributed by atoms with Crippen molar-refractivity contribution in [2.75, 3.05) is 26.7 Å². The van der Waals surface area contributed by atoms with Crippen molar-refractivity contribution in [1.29, 1.82) is 0 Å². The molecule has 5 heteroatoms. The van der Waals surface area contributed by atoms with Gasteiger partial charge in [0, 0.05) is 38.1 Å². The molecule has 0 aromatic rings. The average molecular weight is 295 g/mol. The van der Waals surface area contributed by atoms with Crippen LogP contribution in [0.25, 0.3) is 0 Å². The van der Waals surface area contributed by atoms with E-state index < -0.39 is 0 Å². The molecule has 0 saturated carbocycles. The summed E-state index contributed by atoms with van der Waals surface area (Å²) in [4.78, 5) is 28.7. The summed E-state index contributed by atoms with van der Waals surface area (Å²) in [6.45, 7) is 6.45. The van der Waals surface area contributed by atoms with Crippen LogP contribution in [0.5, 0.6) is 0 Å². The number of hydrogen-bond acceptors (Lipinski definition) is 3. The van der Waals surface area contributed by atoms with Gasteiger partial charge in [0.05, 0.1) is 5.92 Å². The van der Waals surface area contributed by atoms with E-state index in [0.29, 0.717) is 19.0 Å². The molecule has 0 bridgehead atoms. The third-order valence-electron chi connectivity index (χ3n) is 4.89. The van der Waals surface area contributed by atoms with Gasteiger partial charge in [-0.1, -0.05) is 13.3 Å². The number of rotatable bonds is 5. The molecule has 0 aromatic carbocycles. The second-order valence-electron chi connectivity index (χ2n) is 6.50. The van der Waals surface area contributed by atoms with Crippen LogP contribution in [-0.4, -0.2) is 60.4 Å². The summed E-state index contributed by atoms with van der Waals surface area (Å²) in [7, 11) is 1.95. The first-order valence-corrected chi connectivity index (χ1v) is 8.32. The number of amides is 2. The van der Waals surface area contributed by atoms with Gasteiger partial charge >= 0.3 is 0 Å². The van der Waals surface area contributed by atoms with Gasteiger partial charge in [-0.25, -0.2) is 0 Å². The number of piperidine rings is 1. The smallest absolute Gasteiger partial charge is 0.228 e. The van der Waals surface area contributed by atoms with Crippen LogP contribution in [0, 0.1) is 5.92 Å². The SMILES string of the molecule is CCCC(C)N1CC(C(=O)N2CCCC(NC)C2)CC1=O. The van der Waals surface area contributed by atoms with Gasteiger partial charge in [-0.05, 0) is 33.2 Å². The van der Waals surface area contributed by atoms with E-state index in [4.69, 9.17) is 0 Å². The number of nitrogens with one attached hydrogen (secondary N) is 1. The minimum atomic E-state index is -0.132. The van der Waals surface area contributed by atoms with Gasteiger partial charge in [0.1, 0.15) is 0 Å². The van der Waals surface area contributed by atoms with E-state index in [2.05, 4.69) is 19.2 Å². The fraction of sp³-hybridized carbons (Fsp3) is 0.875. The Hall–Kier alpha value is -1.10. The molecule has 2 rings (SSSR count). The number of hydrogen-bond donors (Lipinski definition) is 1. The molecule has 0 spiro atoms. The summed E-state index contributed by atoms with van der Waals surface area (Å²) >= 11 is 0. The number of likely N-dealkylation sites (N-methyl/N-ethyl adjacent to an activating group) is 1. The number of carbonyl (C=O) groups is 2. The van der Waals surface area contributed by atoms with Gasteiger partial charge in [0.15, 0.2) is 0 Å². The maximum Gasteiger partial charge on any atom is 0.228 e. The molecular formula is C16H29N3O2. The molecule has 5 nitrogen and oxygen atoms in total. The van der Waals surface area contributed by atoms with Crippen LogP contribution in [-0.2, 0) is 9.59 Å². The minimum Gasteiger partial charge on any atom is -0.341 e. The summed E-state index contributed by atoms with van der Waals surface area (Å²) in [5, 5.41) is 3.26. The van der Waals surface area contributed by atoms with Gasteiger partial charge in [0.2, 0.25) is 11.8 Å². The average Bonchev–Trinajstić information content (AvgIpc) is 2.89. The molecule has 21 heavy (non-hydrogen) atoms. The van der Waals surface area contributed by atoms with E-state index in [9.17, 15) is 9.59 Å². The lowest BCUT2D eigenvalue weighted by Crippen LogP contribution is -2.49. The fourth-order valence-electron chi connectivity index (χ4n) is 3.57. The van der Waals surface area contributed by atoms with E-state index in [-0.39, 0.29) is 23.8 Å². The van der Waals surface area contributed by atoms with Crippen molar-refractivity contribution in [2.24, 2.45) is 5.92 Å². The Bertz CT molecular complexity index is 386. The lowest BCUT2D eigenvalue weighted by molar-refractivity contribution is -0.137. The van der Waals surface area contributed by atoms with Crippen LogP contribution < -0.4 is 5.32 Å². The zero-order valence-electron chi connectivity index (χ0n) is 13.6. The lowest BCUT2D eigenvalue weighted by atomic mass is 10.0. The molecule has 0 aliphatic carbocycles. The Morgan fingerprint density at radius 3 is 2.86 bits per heavy atom. The van der Waals surface area contributed by atoms with E-state index in [1.165, 1.54) is 0 Å². The Labute approximate surface area is 128 Å². The van der Waals surface area contributed by atoms with Crippen molar-refractivity contribution < 1.29 is 9.59 Å². The highest BCUT2D eigenvalue weighted by Gasteiger charge is 2.38. The number of nitrogens with zero attached hydrogens (tertiary/aromatic N) is 2. The Morgan fingerprint density at radius 2 is 2.19 bits per heavy atom. The second kappa shape index (κ2) is 7.25. The fourth-order valence-corrected chi connectivity index (χ4v) is 3.57. The van der Waals surface area contributed by atoms with Crippen LogP contribution >= 0.6 is 0 Å². The molecule has 3 atom stereocenters. The molecule has 2 fully saturated rings. The predicted octanol–water partition coefficient (Wildman–Crippen LogP) is 1.23. The molecule has 0 aromatic heterocycles. The first-order chi connectivity index (χ1) is 10.1. The summed E-state index contributed by atoms with van der Waals surface area (Å²) in [6.07, 6.45) is 4.66. The van der Waals surface area contributed by atoms with Gasteiger partial charge in [-0.3, -0.25) is 9.59 Å².